The molecule has 0 aromatic carbocycles. The van der Waals surface area contributed by atoms with Crippen LogP contribution in [0.4, 0.5) is 4.39 Å². The lowest BCUT2D eigenvalue weighted by Gasteiger charge is -2.46. The van der Waals surface area contributed by atoms with Gasteiger partial charge >= 0.3 is 5.97 Å². The number of nitrogens with one attached hydrogen (secondary N) is 1. The molecule has 2 N–H and O–H groups in total. The predicted octanol–water partition coefficient (Wildman–Crippen LogP) is 3.57. The van der Waals surface area contributed by atoms with Crippen LogP contribution in [0.15, 0.2) is 30.9 Å². The van der Waals surface area contributed by atoms with Crippen LogP contribution in [0, 0.1) is 23.6 Å². The molecule has 0 aliphatic heterocycles. The molecule has 7 rings (SSSR count). The van der Waals surface area contributed by atoms with Crippen molar-refractivity contribution in [3.8, 4) is 11.4 Å². The predicted molar refractivity (Wildman–Crippen MR) is 106 cm³/mol. The third-order valence-electron chi connectivity index (χ3n) is 6.82. The maximum absolute atomic E-state index is 13.7. The fraction of sp³-hybridized carbons (Fsp3) is 0.381. The number of aromatic nitrogens is 6. The molecule has 9 heteroatoms. The van der Waals surface area contributed by atoms with E-state index in [1.165, 1.54) is 6.07 Å². The molecule has 0 saturated heterocycles. The van der Waals surface area contributed by atoms with Crippen LogP contribution in [0.1, 0.15) is 31.7 Å². The Morgan fingerprint density at radius 1 is 1.13 bits per heavy atom. The Hall–Kier alpha value is -3.36. The third kappa shape index (κ3) is 2.47. The van der Waals surface area contributed by atoms with Crippen molar-refractivity contribution in [2.75, 3.05) is 0 Å². The van der Waals surface area contributed by atoms with E-state index in [2.05, 4.69) is 20.1 Å². The SMILES string of the molecule is O=C(O)[C@@H]1C2CCC(CC2)C1n1ncc2cnc(-c3c[nH]c4ncc(F)cc34)nc21. The molecule has 152 valence electrons. The van der Waals surface area contributed by atoms with Crippen molar-refractivity contribution in [3.05, 3.63) is 36.7 Å². The van der Waals surface area contributed by atoms with Gasteiger partial charge in [-0.3, -0.25) is 4.79 Å². The van der Waals surface area contributed by atoms with E-state index in [-0.39, 0.29) is 17.9 Å². The summed E-state index contributed by atoms with van der Waals surface area (Å²) in [6.45, 7) is 0. The first-order chi connectivity index (χ1) is 14.6. The number of hydrogen-bond donors (Lipinski definition) is 2. The molecule has 4 heterocycles. The summed E-state index contributed by atoms with van der Waals surface area (Å²) < 4.78 is 15.5. The topological polar surface area (TPSA) is 110 Å². The van der Waals surface area contributed by atoms with E-state index >= 15 is 0 Å². The molecule has 3 aliphatic carbocycles. The minimum absolute atomic E-state index is 0.181. The fourth-order valence-electron chi connectivity index (χ4n) is 5.46. The summed E-state index contributed by atoms with van der Waals surface area (Å²) in [7, 11) is 0. The molecule has 2 bridgehead atoms. The van der Waals surface area contributed by atoms with Crippen molar-refractivity contribution >= 4 is 28.0 Å². The van der Waals surface area contributed by atoms with E-state index in [4.69, 9.17) is 4.98 Å². The lowest BCUT2D eigenvalue weighted by atomic mass is 9.61. The number of fused-ring (bicyclic) bond motifs is 5. The van der Waals surface area contributed by atoms with Crippen molar-refractivity contribution < 1.29 is 14.3 Å². The Morgan fingerprint density at radius 3 is 2.73 bits per heavy atom. The van der Waals surface area contributed by atoms with Crippen molar-refractivity contribution in [1.29, 1.82) is 0 Å². The number of nitrogens with zero attached hydrogens (tertiary/aromatic N) is 5. The van der Waals surface area contributed by atoms with Gasteiger partial charge in [0.15, 0.2) is 11.5 Å². The molecule has 30 heavy (non-hydrogen) atoms. The average molecular weight is 406 g/mol. The van der Waals surface area contributed by atoms with Gasteiger partial charge < -0.3 is 10.1 Å². The zero-order valence-corrected chi connectivity index (χ0v) is 16.0. The zero-order valence-electron chi connectivity index (χ0n) is 16.0. The van der Waals surface area contributed by atoms with Crippen LogP contribution in [0.3, 0.4) is 0 Å². The normalized spacial score (nSPS) is 25.9. The van der Waals surface area contributed by atoms with Crippen molar-refractivity contribution in [3.63, 3.8) is 0 Å². The first kappa shape index (κ1) is 17.5. The standard InChI is InChI=1S/C21H19FN6O2/c22-13-5-14-15(9-25-18(14)24-8-13)19-23-6-12-7-26-28(20(12)27-19)17-11-3-1-10(2-4-11)16(17)21(29)30/h5-11,16-17H,1-4H2,(H,24,25)(H,29,30)/t10?,11?,16-,17?/m1/s1. The fourth-order valence-corrected chi connectivity index (χ4v) is 5.46. The van der Waals surface area contributed by atoms with Crippen molar-refractivity contribution in [2.45, 2.75) is 31.7 Å². The zero-order chi connectivity index (χ0) is 20.4. The number of carbonyl (C=O) groups is 1. The molecule has 2 atom stereocenters. The number of pyridine rings is 1. The van der Waals surface area contributed by atoms with Crippen LogP contribution >= 0.6 is 0 Å². The molecular weight excluding hydrogens is 387 g/mol. The molecule has 3 fully saturated rings. The highest BCUT2D eigenvalue weighted by Crippen LogP contribution is 2.51. The van der Waals surface area contributed by atoms with Gasteiger partial charge in [-0.05, 0) is 43.6 Å². The molecule has 4 aromatic rings. The first-order valence-electron chi connectivity index (χ1n) is 10.2. The van der Waals surface area contributed by atoms with Gasteiger partial charge in [-0.15, -0.1) is 0 Å². The third-order valence-corrected chi connectivity index (χ3v) is 6.82. The van der Waals surface area contributed by atoms with Gasteiger partial charge in [-0.1, -0.05) is 0 Å². The molecule has 4 aromatic heterocycles. The van der Waals surface area contributed by atoms with E-state index in [0.29, 0.717) is 28.1 Å². The Labute approximate surface area is 170 Å². The monoisotopic (exact) mass is 406 g/mol. The minimum atomic E-state index is -0.759. The Balaban J connectivity index is 1.50. The van der Waals surface area contributed by atoms with Crippen LogP contribution < -0.4 is 0 Å². The number of aromatic amines is 1. The van der Waals surface area contributed by atoms with E-state index < -0.39 is 17.7 Å². The van der Waals surface area contributed by atoms with Gasteiger partial charge in [0.25, 0.3) is 0 Å². The van der Waals surface area contributed by atoms with Crippen molar-refractivity contribution in [1.82, 2.24) is 29.7 Å². The van der Waals surface area contributed by atoms with E-state index in [1.807, 2.05) is 0 Å². The Morgan fingerprint density at radius 2 is 1.93 bits per heavy atom. The van der Waals surface area contributed by atoms with E-state index in [1.54, 1.807) is 23.3 Å². The minimum Gasteiger partial charge on any atom is -0.481 e. The molecule has 8 nitrogen and oxygen atoms in total. The van der Waals surface area contributed by atoms with Gasteiger partial charge in [0.2, 0.25) is 0 Å². The van der Waals surface area contributed by atoms with Gasteiger partial charge in [-0.25, -0.2) is 24.0 Å². The maximum Gasteiger partial charge on any atom is 0.308 e. The Bertz CT molecular complexity index is 1290. The second-order valence-electron chi connectivity index (χ2n) is 8.34. The van der Waals surface area contributed by atoms with E-state index in [9.17, 15) is 14.3 Å². The van der Waals surface area contributed by atoms with Crippen LogP contribution in [0.25, 0.3) is 33.5 Å². The summed E-state index contributed by atoms with van der Waals surface area (Å²) in [5, 5.41) is 15.8. The van der Waals surface area contributed by atoms with Crippen LogP contribution in [-0.4, -0.2) is 40.8 Å². The molecule has 3 aliphatic rings. The highest BCUT2D eigenvalue weighted by molar-refractivity contribution is 5.92. The number of carboxylic acids is 1. The van der Waals surface area contributed by atoms with Crippen LogP contribution in [0.2, 0.25) is 0 Å². The second kappa shape index (κ2) is 6.32. The molecule has 0 spiro atoms. The molecule has 1 unspecified atom stereocenters. The quantitative estimate of drug-likeness (QED) is 0.538. The molecule has 0 radical (unpaired) electrons. The summed E-state index contributed by atoms with van der Waals surface area (Å²) in [6.07, 6.45) is 10.2. The van der Waals surface area contributed by atoms with Crippen LogP contribution in [0.5, 0.6) is 0 Å². The lowest BCUT2D eigenvalue weighted by Crippen LogP contribution is -2.45. The number of hydrogen-bond acceptors (Lipinski definition) is 5. The van der Waals surface area contributed by atoms with Crippen molar-refractivity contribution in [2.24, 2.45) is 17.8 Å². The van der Waals surface area contributed by atoms with Crippen LogP contribution in [-0.2, 0) is 4.79 Å². The van der Waals surface area contributed by atoms with Gasteiger partial charge in [0.05, 0.1) is 29.7 Å². The van der Waals surface area contributed by atoms with Gasteiger partial charge in [0, 0.05) is 23.3 Å². The largest absolute Gasteiger partial charge is 0.481 e. The number of rotatable bonds is 3. The number of halogens is 1. The van der Waals surface area contributed by atoms with E-state index in [0.717, 1.165) is 37.3 Å². The van der Waals surface area contributed by atoms with Gasteiger partial charge in [-0.2, -0.15) is 5.10 Å². The summed E-state index contributed by atoms with van der Waals surface area (Å²) in [5.74, 6) is -0.756. The first-order valence-corrected chi connectivity index (χ1v) is 10.2. The Kier molecular flexibility index (Phi) is 3.68. The molecule has 0 amide bonds. The summed E-state index contributed by atoms with van der Waals surface area (Å²) in [6, 6.07) is 1.19. The van der Waals surface area contributed by atoms with Gasteiger partial charge in [0.1, 0.15) is 11.5 Å². The second-order valence-corrected chi connectivity index (χ2v) is 8.34. The summed E-state index contributed by atoms with van der Waals surface area (Å²) in [5.41, 5.74) is 1.81. The number of H-pyrrole nitrogens is 1. The summed E-state index contributed by atoms with van der Waals surface area (Å²) >= 11 is 0. The highest BCUT2D eigenvalue weighted by atomic mass is 19.1. The lowest BCUT2D eigenvalue weighted by molar-refractivity contribution is -0.151. The smallest absolute Gasteiger partial charge is 0.308 e. The molecular formula is C21H19FN6O2. The molecule has 3 saturated carbocycles. The average Bonchev–Trinajstić information content (AvgIpc) is 3.37. The maximum atomic E-state index is 13.7. The highest BCUT2D eigenvalue weighted by Gasteiger charge is 2.49. The summed E-state index contributed by atoms with van der Waals surface area (Å²) in [4.78, 5) is 28.3. The number of carboxylic acid groups (broad SMARTS) is 1. The number of aliphatic carboxylic acids is 1.